The Bertz CT molecular complexity index is 534. The Balaban J connectivity index is 3.09. The molecule has 1 atom stereocenters. The summed E-state index contributed by atoms with van der Waals surface area (Å²) in [6.07, 6.45) is 0. The number of aliphatic hydroxyl groups excluding tert-OH is 1. The molecule has 0 aliphatic rings. The number of carbonyl (C=O) groups is 1. The van der Waals surface area contributed by atoms with Gasteiger partial charge in [0.05, 0.1) is 18.2 Å². The molecule has 5 heteroatoms. The van der Waals surface area contributed by atoms with Gasteiger partial charge in [-0.3, -0.25) is 4.79 Å². The Morgan fingerprint density at radius 3 is 2.85 bits per heavy atom. The Morgan fingerprint density at radius 1 is 1.55 bits per heavy atom. The summed E-state index contributed by atoms with van der Waals surface area (Å²) in [5.41, 5.74) is 0.568. The van der Waals surface area contributed by atoms with Crippen LogP contribution in [-0.4, -0.2) is 49.3 Å². The number of hydrogen-bond acceptors (Lipinski definition) is 3. The van der Waals surface area contributed by atoms with E-state index in [-0.39, 0.29) is 24.1 Å². The molecule has 0 saturated carbocycles. The van der Waals surface area contributed by atoms with E-state index < -0.39 is 5.82 Å². The lowest BCUT2D eigenvalue weighted by atomic mass is 10.1. The highest BCUT2D eigenvalue weighted by Crippen LogP contribution is 2.14. The van der Waals surface area contributed by atoms with Crippen LogP contribution in [-0.2, 0) is 4.74 Å². The number of aliphatic hydroxyl groups is 1. The van der Waals surface area contributed by atoms with Crippen LogP contribution in [0.2, 0.25) is 0 Å². The fraction of sp³-hybridized carbons (Fsp3) is 0.400. The first kappa shape index (κ1) is 16.2. The van der Waals surface area contributed by atoms with Gasteiger partial charge in [0, 0.05) is 19.7 Å². The first-order valence-electron chi connectivity index (χ1n) is 6.16. The van der Waals surface area contributed by atoms with Crippen LogP contribution >= 0.6 is 0 Å². The molecule has 20 heavy (non-hydrogen) atoms. The molecule has 1 N–H and O–H groups in total. The third-order valence-electron chi connectivity index (χ3n) is 2.90. The molecule has 4 nitrogen and oxygen atoms in total. The molecule has 0 saturated heterocycles. The maximum Gasteiger partial charge on any atom is 0.255 e. The quantitative estimate of drug-likeness (QED) is 0.845. The zero-order valence-electron chi connectivity index (χ0n) is 11.8. The van der Waals surface area contributed by atoms with Gasteiger partial charge in [-0.25, -0.2) is 4.39 Å². The molecule has 1 aromatic carbocycles. The zero-order chi connectivity index (χ0) is 15.1. The van der Waals surface area contributed by atoms with Gasteiger partial charge in [-0.2, -0.15) is 0 Å². The number of ether oxygens (including phenoxy) is 1. The van der Waals surface area contributed by atoms with Crippen molar-refractivity contribution in [2.75, 3.05) is 27.4 Å². The number of rotatable bonds is 4. The summed E-state index contributed by atoms with van der Waals surface area (Å²) in [6.45, 7) is 1.91. The Kier molecular flexibility index (Phi) is 6.16. The molecule has 108 valence electrons. The van der Waals surface area contributed by atoms with E-state index in [0.29, 0.717) is 12.2 Å². The fourth-order valence-corrected chi connectivity index (χ4v) is 1.68. The van der Waals surface area contributed by atoms with Crippen molar-refractivity contribution in [3.8, 4) is 11.8 Å². The molecule has 0 aromatic heterocycles. The van der Waals surface area contributed by atoms with Gasteiger partial charge in [0.2, 0.25) is 0 Å². The van der Waals surface area contributed by atoms with E-state index in [1.165, 1.54) is 23.1 Å². The van der Waals surface area contributed by atoms with Gasteiger partial charge in [-0.1, -0.05) is 11.8 Å². The van der Waals surface area contributed by atoms with Gasteiger partial charge in [-0.15, -0.1) is 0 Å². The van der Waals surface area contributed by atoms with Gasteiger partial charge in [0.1, 0.15) is 12.4 Å². The van der Waals surface area contributed by atoms with Crippen molar-refractivity contribution in [2.24, 2.45) is 0 Å². The molecule has 0 heterocycles. The van der Waals surface area contributed by atoms with Crippen LogP contribution in [0.5, 0.6) is 0 Å². The van der Waals surface area contributed by atoms with Crippen LogP contribution in [0, 0.1) is 17.7 Å². The molecule has 0 spiro atoms. The number of benzene rings is 1. The summed E-state index contributed by atoms with van der Waals surface area (Å²) in [7, 11) is 3.21. The summed E-state index contributed by atoms with van der Waals surface area (Å²) in [5, 5.41) is 8.71. The summed E-state index contributed by atoms with van der Waals surface area (Å²) < 4.78 is 18.3. The maximum absolute atomic E-state index is 13.2. The minimum Gasteiger partial charge on any atom is -0.384 e. The predicted molar refractivity (Wildman–Crippen MR) is 73.8 cm³/mol. The van der Waals surface area contributed by atoms with Crippen LogP contribution in [0.25, 0.3) is 0 Å². The molecule has 0 fully saturated rings. The average Bonchev–Trinajstić information content (AvgIpc) is 2.44. The first-order chi connectivity index (χ1) is 9.51. The number of halogens is 1. The lowest BCUT2D eigenvalue weighted by molar-refractivity contribution is 0.0633. The predicted octanol–water partition coefficient (Wildman–Crippen LogP) is 1.28. The third-order valence-corrected chi connectivity index (χ3v) is 2.90. The van der Waals surface area contributed by atoms with Crippen molar-refractivity contribution in [3.05, 3.63) is 35.1 Å². The minimum absolute atomic E-state index is 0.115. The van der Waals surface area contributed by atoms with E-state index in [1.54, 1.807) is 14.2 Å². The van der Waals surface area contributed by atoms with Crippen LogP contribution < -0.4 is 0 Å². The first-order valence-corrected chi connectivity index (χ1v) is 6.16. The Hall–Kier alpha value is -1.90. The number of hydrogen-bond donors (Lipinski definition) is 1. The van der Waals surface area contributed by atoms with Gasteiger partial charge in [-0.05, 0) is 25.1 Å². The Morgan fingerprint density at radius 2 is 2.25 bits per heavy atom. The number of carbonyl (C=O) groups excluding carboxylic acids is 1. The van der Waals surface area contributed by atoms with Gasteiger partial charge < -0.3 is 14.7 Å². The van der Waals surface area contributed by atoms with E-state index in [1.807, 2.05) is 6.92 Å². The molecule has 1 unspecified atom stereocenters. The van der Waals surface area contributed by atoms with Crippen LogP contribution in [0.15, 0.2) is 18.2 Å². The number of amides is 1. The van der Waals surface area contributed by atoms with E-state index in [9.17, 15) is 9.18 Å². The highest BCUT2D eigenvalue weighted by atomic mass is 19.1. The minimum atomic E-state index is -0.476. The molecule has 0 radical (unpaired) electrons. The fourth-order valence-electron chi connectivity index (χ4n) is 1.68. The van der Waals surface area contributed by atoms with Crippen molar-refractivity contribution in [1.82, 2.24) is 4.90 Å². The maximum atomic E-state index is 13.2. The molecule has 1 aromatic rings. The lowest BCUT2D eigenvalue weighted by Crippen LogP contribution is -2.38. The summed E-state index contributed by atoms with van der Waals surface area (Å²) in [4.78, 5) is 13.9. The molecule has 1 amide bonds. The highest BCUT2D eigenvalue weighted by Gasteiger charge is 2.19. The van der Waals surface area contributed by atoms with Crippen molar-refractivity contribution < 1.29 is 19.0 Å². The number of methoxy groups -OCH3 is 1. The van der Waals surface area contributed by atoms with Crippen molar-refractivity contribution in [3.63, 3.8) is 0 Å². The molecular weight excluding hydrogens is 261 g/mol. The zero-order valence-corrected chi connectivity index (χ0v) is 11.8. The van der Waals surface area contributed by atoms with E-state index in [2.05, 4.69) is 11.8 Å². The standard InChI is InChI=1S/C15H18FNO3/c1-11(10-20-3)17(2)15(19)14-7-6-13(16)9-12(14)5-4-8-18/h6-7,9,11,18H,8,10H2,1-3H3. The average molecular weight is 279 g/mol. The topological polar surface area (TPSA) is 49.8 Å². The van der Waals surface area contributed by atoms with Crippen LogP contribution in [0.4, 0.5) is 4.39 Å². The second-order valence-corrected chi connectivity index (χ2v) is 4.37. The summed E-state index contributed by atoms with van der Waals surface area (Å²) in [5.74, 6) is 4.27. The van der Waals surface area contributed by atoms with Crippen LogP contribution in [0.1, 0.15) is 22.8 Å². The molecule has 1 rings (SSSR count). The summed E-state index contributed by atoms with van der Waals surface area (Å²) in [6, 6.07) is 3.68. The van der Waals surface area contributed by atoms with E-state index in [4.69, 9.17) is 9.84 Å². The van der Waals surface area contributed by atoms with Crippen molar-refractivity contribution in [2.45, 2.75) is 13.0 Å². The molecular formula is C15H18FNO3. The van der Waals surface area contributed by atoms with E-state index in [0.717, 1.165) is 0 Å². The Labute approximate surface area is 118 Å². The third kappa shape index (κ3) is 4.05. The van der Waals surface area contributed by atoms with Gasteiger partial charge >= 0.3 is 0 Å². The van der Waals surface area contributed by atoms with Gasteiger partial charge in [0.25, 0.3) is 5.91 Å². The molecule has 0 aliphatic heterocycles. The normalized spacial score (nSPS) is 11.4. The molecule has 0 bridgehead atoms. The van der Waals surface area contributed by atoms with Crippen molar-refractivity contribution >= 4 is 5.91 Å². The second-order valence-electron chi connectivity index (χ2n) is 4.37. The summed E-state index contributed by atoms with van der Waals surface area (Å²) >= 11 is 0. The SMILES string of the molecule is COCC(C)N(C)C(=O)c1ccc(F)cc1C#CCO. The largest absolute Gasteiger partial charge is 0.384 e. The monoisotopic (exact) mass is 279 g/mol. The highest BCUT2D eigenvalue weighted by molar-refractivity contribution is 5.96. The number of likely N-dealkylation sites (N-methyl/N-ethyl adjacent to an activating group) is 1. The second kappa shape index (κ2) is 7.63. The van der Waals surface area contributed by atoms with Crippen molar-refractivity contribution in [1.29, 1.82) is 0 Å². The number of nitrogens with zero attached hydrogens (tertiary/aromatic N) is 1. The van der Waals surface area contributed by atoms with E-state index >= 15 is 0 Å². The lowest BCUT2D eigenvalue weighted by Gasteiger charge is -2.24. The smallest absolute Gasteiger partial charge is 0.255 e. The molecule has 0 aliphatic carbocycles. The van der Waals surface area contributed by atoms with Crippen LogP contribution in [0.3, 0.4) is 0 Å². The van der Waals surface area contributed by atoms with Gasteiger partial charge in [0.15, 0.2) is 0 Å².